The van der Waals surface area contributed by atoms with Gasteiger partial charge in [-0.3, -0.25) is 4.79 Å². The zero-order valence-electron chi connectivity index (χ0n) is 9.97. The Bertz CT molecular complexity index is 631. The summed E-state index contributed by atoms with van der Waals surface area (Å²) < 4.78 is 5.15. The van der Waals surface area contributed by atoms with E-state index in [9.17, 15) is 9.59 Å². The Morgan fingerprint density at radius 2 is 2.17 bits per heavy atom. The second-order valence-electron chi connectivity index (χ2n) is 4.10. The molecule has 0 saturated heterocycles. The van der Waals surface area contributed by atoms with Crippen molar-refractivity contribution in [2.45, 2.75) is 19.5 Å². The lowest BCUT2D eigenvalue weighted by Crippen LogP contribution is -2.38. The predicted octanol–water partition coefficient (Wildman–Crippen LogP) is 0.756. The van der Waals surface area contributed by atoms with E-state index in [2.05, 4.69) is 5.32 Å². The third-order valence-electron chi connectivity index (χ3n) is 2.58. The minimum Gasteiger partial charge on any atom is -0.422 e. The molecule has 5 nitrogen and oxygen atoms in total. The van der Waals surface area contributed by atoms with Crippen molar-refractivity contribution in [3.05, 3.63) is 46.3 Å². The largest absolute Gasteiger partial charge is 0.422 e. The fourth-order valence-corrected chi connectivity index (χ4v) is 1.57. The number of carbonyl (C=O) groups excluding carboxylic acids is 1. The predicted molar refractivity (Wildman–Crippen MR) is 68.0 cm³/mol. The van der Waals surface area contributed by atoms with Crippen molar-refractivity contribution in [1.29, 1.82) is 0 Å². The first-order valence-corrected chi connectivity index (χ1v) is 5.63. The van der Waals surface area contributed by atoms with Crippen molar-refractivity contribution >= 4 is 16.9 Å². The molecule has 0 fully saturated rings. The molecule has 1 aromatic heterocycles. The van der Waals surface area contributed by atoms with E-state index >= 15 is 0 Å². The number of para-hydroxylation sites is 1. The highest BCUT2D eigenvalue weighted by atomic mass is 16.4. The number of nitrogens with two attached hydrogens (primary N) is 1. The minimum absolute atomic E-state index is 0.119. The highest BCUT2D eigenvalue weighted by Crippen LogP contribution is 2.12. The SMILES string of the molecule is C[C@H](N)C(=O)NCc1cc2ccccc2oc1=O. The second kappa shape index (κ2) is 5.01. The van der Waals surface area contributed by atoms with E-state index in [4.69, 9.17) is 10.2 Å². The van der Waals surface area contributed by atoms with E-state index in [0.29, 0.717) is 11.1 Å². The Balaban J connectivity index is 2.26. The molecule has 0 aliphatic rings. The Hall–Kier alpha value is -2.14. The van der Waals surface area contributed by atoms with E-state index in [1.165, 1.54) is 0 Å². The van der Waals surface area contributed by atoms with E-state index < -0.39 is 11.7 Å². The maximum atomic E-state index is 11.7. The van der Waals surface area contributed by atoms with Gasteiger partial charge in [-0.1, -0.05) is 18.2 Å². The molecule has 0 aliphatic heterocycles. The van der Waals surface area contributed by atoms with Gasteiger partial charge in [0.1, 0.15) is 5.58 Å². The monoisotopic (exact) mass is 246 g/mol. The number of hydrogen-bond acceptors (Lipinski definition) is 4. The first kappa shape index (κ1) is 12.3. The molecule has 2 rings (SSSR count). The third kappa shape index (κ3) is 2.57. The molecule has 0 radical (unpaired) electrons. The van der Waals surface area contributed by atoms with Crippen LogP contribution in [0.5, 0.6) is 0 Å². The van der Waals surface area contributed by atoms with Crippen LogP contribution < -0.4 is 16.7 Å². The smallest absolute Gasteiger partial charge is 0.341 e. The fourth-order valence-electron chi connectivity index (χ4n) is 1.57. The molecule has 94 valence electrons. The molecule has 1 amide bonds. The van der Waals surface area contributed by atoms with Gasteiger partial charge in [-0.15, -0.1) is 0 Å². The van der Waals surface area contributed by atoms with Crippen molar-refractivity contribution < 1.29 is 9.21 Å². The number of rotatable bonds is 3. The van der Waals surface area contributed by atoms with Crippen LogP contribution in [0.1, 0.15) is 12.5 Å². The quantitative estimate of drug-likeness (QED) is 0.783. The molecule has 3 N–H and O–H groups in total. The molecule has 0 aliphatic carbocycles. The van der Waals surface area contributed by atoms with Gasteiger partial charge in [-0.2, -0.15) is 0 Å². The van der Waals surface area contributed by atoms with Gasteiger partial charge in [0.15, 0.2) is 0 Å². The maximum absolute atomic E-state index is 11.7. The fraction of sp³-hybridized carbons (Fsp3) is 0.231. The molecule has 18 heavy (non-hydrogen) atoms. The van der Waals surface area contributed by atoms with Crippen LogP contribution in [-0.4, -0.2) is 11.9 Å². The number of nitrogens with one attached hydrogen (secondary N) is 1. The third-order valence-corrected chi connectivity index (χ3v) is 2.58. The summed E-state index contributed by atoms with van der Waals surface area (Å²) >= 11 is 0. The van der Waals surface area contributed by atoms with Crippen LogP contribution >= 0.6 is 0 Å². The van der Waals surface area contributed by atoms with Gasteiger partial charge in [0.05, 0.1) is 18.2 Å². The molecule has 1 aromatic carbocycles. The minimum atomic E-state index is -0.600. The van der Waals surface area contributed by atoms with Gasteiger partial charge in [0.25, 0.3) is 0 Å². The molecular weight excluding hydrogens is 232 g/mol. The zero-order chi connectivity index (χ0) is 13.1. The van der Waals surface area contributed by atoms with E-state index in [1.807, 2.05) is 12.1 Å². The Labute approximate surface area is 104 Å². The topological polar surface area (TPSA) is 85.3 Å². The van der Waals surface area contributed by atoms with Gasteiger partial charge in [-0.25, -0.2) is 4.79 Å². The lowest BCUT2D eigenvalue weighted by atomic mass is 10.2. The van der Waals surface area contributed by atoms with Crippen LogP contribution in [0.15, 0.2) is 39.5 Å². The number of benzene rings is 1. The maximum Gasteiger partial charge on any atom is 0.341 e. The molecule has 5 heteroatoms. The van der Waals surface area contributed by atoms with Crippen molar-refractivity contribution in [2.24, 2.45) is 5.73 Å². The summed E-state index contributed by atoms with van der Waals surface area (Å²) in [7, 11) is 0. The average Bonchev–Trinajstić information content (AvgIpc) is 2.35. The van der Waals surface area contributed by atoms with E-state index in [-0.39, 0.29) is 12.5 Å². The first-order valence-electron chi connectivity index (χ1n) is 5.63. The zero-order valence-corrected chi connectivity index (χ0v) is 9.97. The van der Waals surface area contributed by atoms with Crippen molar-refractivity contribution in [2.75, 3.05) is 0 Å². The molecule has 0 spiro atoms. The molecule has 1 heterocycles. The van der Waals surface area contributed by atoms with Crippen molar-refractivity contribution in [1.82, 2.24) is 5.32 Å². The van der Waals surface area contributed by atoms with Crippen LogP contribution in [-0.2, 0) is 11.3 Å². The standard InChI is InChI=1S/C13H14N2O3/c1-8(14)12(16)15-7-10-6-9-4-2-3-5-11(9)18-13(10)17/h2-6,8H,7,14H2,1H3,(H,15,16)/t8-/m0/s1. The summed E-state index contributed by atoms with van der Waals surface area (Å²) in [4.78, 5) is 23.0. The molecular formula is C13H14N2O3. The summed E-state index contributed by atoms with van der Waals surface area (Å²) in [5.74, 6) is -0.303. The Morgan fingerprint density at radius 1 is 1.44 bits per heavy atom. The average molecular weight is 246 g/mol. The van der Waals surface area contributed by atoms with Crippen LogP contribution in [0.3, 0.4) is 0 Å². The summed E-state index contributed by atoms with van der Waals surface area (Å²) in [5.41, 5.74) is 5.91. The highest BCUT2D eigenvalue weighted by Gasteiger charge is 2.09. The number of carbonyl (C=O) groups is 1. The van der Waals surface area contributed by atoms with Crippen LogP contribution in [0.25, 0.3) is 11.0 Å². The molecule has 0 bridgehead atoms. The Kier molecular flexibility index (Phi) is 3.43. The lowest BCUT2D eigenvalue weighted by Gasteiger charge is -2.07. The first-order chi connectivity index (χ1) is 8.58. The number of hydrogen-bond donors (Lipinski definition) is 2. The second-order valence-corrected chi connectivity index (χ2v) is 4.10. The lowest BCUT2D eigenvalue weighted by molar-refractivity contribution is -0.122. The van der Waals surface area contributed by atoms with Gasteiger partial charge in [-0.05, 0) is 19.1 Å². The van der Waals surface area contributed by atoms with Crippen LogP contribution in [0.4, 0.5) is 0 Å². The van der Waals surface area contributed by atoms with Crippen LogP contribution in [0.2, 0.25) is 0 Å². The van der Waals surface area contributed by atoms with Gasteiger partial charge >= 0.3 is 5.63 Å². The van der Waals surface area contributed by atoms with Gasteiger partial charge < -0.3 is 15.5 Å². The molecule has 0 saturated carbocycles. The Morgan fingerprint density at radius 3 is 2.89 bits per heavy atom. The summed E-state index contributed by atoms with van der Waals surface area (Å²) in [6.07, 6.45) is 0. The summed E-state index contributed by atoms with van der Waals surface area (Å²) in [5, 5.41) is 3.40. The van der Waals surface area contributed by atoms with E-state index in [1.54, 1.807) is 25.1 Å². The van der Waals surface area contributed by atoms with Crippen molar-refractivity contribution in [3.8, 4) is 0 Å². The summed E-state index contributed by atoms with van der Waals surface area (Å²) in [6.45, 7) is 1.70. The van der Waals surface area contributed by atoms with E-state index in [0.717, 1.165) is 5.39 Å². The number of fused-ring (bicyclic) bond motifs is 1. The molecule has 2 aromatic rings. The van der Waals surface area contributed by atoms with Crippen LogP contribution in [0, 0.1) is 0 Å². The highest BCUT2D eigenvalue weighted by molar-refractivity contribution is 5.81. The molecule has 0 unspecified atom stereocenters. The molecule has 1 atom stereocenters. The van der Waals surface area contributed by atoms with Gasteiger partial charge in [0, 0.05) is 5.39 Å². The van der Waals surface area contributed by atoms with Gasteiger partial charge in [0.2, 0.25) is 5.91 Å². The van der Waals surface area contributed by atoms with Crippen molar-refractivity contribution in [3.63, 3.8) is 0 Å². The normalized spacial score (nSPS) is 12.3. The summed E-state index contributed by atoms with van der Waals surface area (Å²) in [6, 6.07) is 8.33. The number of amides is 1.